The molecule has 0 amide bonds. The van der Waals surface area contributed by atoms with Crippen LogP contribution in [0.3, 0.4) is 0 Å². The van der Waals surface area contributed by atoms with Crippen LogP contribution in [-0.4, -0.2) is 30.3 Å². The molecular weight excluding hydrogens is 250 g/mol. The molecule has 1 aromatic carbocycles. The topological polar surface area (TPSA) is 33.5 Å². The van der Waals surface area contributed by atoms with Gasteiger partial charge in [0, 0.05) is 19.5 Å². The first-order valence-electron chi connectivity index (χ1n) is 7.17. The van der Waals surface area contributed by atoms with Crippen LogP contribution in [0.1, 0.15) is 34.9 Å². The zero-order valence-electron chi connectivity index (χ0n) is 11.5. The predicted octanol–water partition coefficient (Wildman–Crippen LogP) is 3.34. The van der Waals surface area contributed by atoms with E-state index >= 15 is 0 Å². The Labute approximate surface area is 119 Å². The third-order valence-electron chi connectivity index (χ3n) is 3.99. The molecule has 3 rings (SSSR count). The number of furan rings is 1. The van der Waals surface area contributed by atoms with Crippen molar-refractivity contribution in [1.29, 1.82) is 0 Å². The Morgan fingerprint density at radius 1 is 1.20 bits per heavy atom. The van der Waals surface area contributed by atoms with Crippen molar-refractivity contribution in [1.82, 2.24) is 4.90 Å². The summed E-state index contributed by atoms with van der Waals surface area (Å²) in [6.07, 6.45) is 3.27. The molecule has 3 nitrogen and oxygen atoms in total. The summed E-state index contributed by atoms with van der Waals surface area (Å²) >= 11 is 0. The summed E-state index contributed by atoms with van der Waals surface area (Å²) in [6.45, 7) is 2.95. The van der Waals surface area contributed by atoms with Gasteiger partial charge in [0.2, 0.25) is 0 Å². The number of hydrogen-bond acceptors (Lipinski definition) is 3. The van der Waals surface area contributed by atoms with Gasteiger partial charge < -0.3 is 9.32 Å². The zero-order valence-corrected chi connectivity index (χ0v) is 11.5. The van der Waals surface area contributed by atoms with E-state index in [1.165, 1.54) is 12.0 Å². The Morgan fingerprint density at radius 2 is 2.05 bits per heavy atom. The Kier molecular flexibility index (Phi) is 3.97. The van der Waals surface area contributed by atoms with Crippen LogP contribution in [0.2, 0.25) is 0 Å². The van der Waals surface area contributed by atoms with Crippen LogP contribution in [0.4, 0.5) is 0 Å². The van der Waals surface area contributed by atoms with Crippen molar-refractivity contribution < 1.29 is 9.21 Å². The van der Waals surface area contributed by atoms with Crippen LogP contribution in [-0.2, 0) is 0 Å². The van der Waals surface area contributed by atoms with Gasteiger partial charge in [0.15, 0.2) is 11.5 Å². The van der Waals surface area contributed by atoms with Crippen LogP contribution >= 0.6 is 0 Å². The summed E-state index contributed by atoms with van der Waals surface area (Å²) in [5.41, 5.74) is 1.41. The lowest BCUT2D eigenvalue weighted by Crippen LogP contribution is -2.23. The van der Waals surface area contributed by atoms with E-state index in [1.54, 1.807) is 18.4 Å². The second-order valence-electron chi connectivity index (χ2n) is 5.35. The monoisotopic (exact) mass is 269 g/mol. The number of likely N-dealkylation sites (tertiary alicyclic amines) is 1. The molecule has 1 aromatic heterocycles. The van der Waals surface area contributed by atoms with Crippen LogP contribution in [0, 0.1) is 0 Å². The number of carbonyl (C=O) groups is 1. The van der Waals surface area contributed by atoms with E-state index < -0.39 is 0 Å². The summed E-state index contributed by atoms with van der Waals surface area (Å²) in [4.78, 5) is 14.3. The number of nitrogens with zero attached hydrogens (tertiary/aromatic N) is 1. The number of rotatable bonds is 5. The minimum absolute atomic E-state index is 0.0955. The van der Waals surface area contributed by atoms with Crippen LogP contribution in [0.25, 0.3) is 0 Å². The molecule has 0 N–H and O–H groups in total. The van der Waals surface area contributed by atoms with Crippen molar-refractivity contribution in [2.24, 2.45) is 0 Å². The maximum absolute atomic E-state index is 11.9. The minimum Gasteiger partial charge on any atom is -0.461 e. The maximum Gasteiger partial charge on any atom is 0.199 e. The van der Waals surface area contributed by atoms with E-state index in [2.05, 4.69) is 35.2 Å². The molecule has 1 saturated heterocycles. The van der Waals surface area contributed by atoms with Crippen molar-refractivity contribution in [2.75, 3.05) is 19.6 Å². The molecule has 3 heteroatoms. The van der Waals surface area contributed by atoms with Gasteiger partial charge in [-0.1, -0.05) is 30.3 Å². The predicted molar refractivity (Wildman–Crippen MR) is 77.9 cm³/mol. The van der Waals surface area contributed by atoms with Gasteiger partial charge in [-0.05, 0) is 36.6 Å². The average Bonchev–Trinajstić information content (AvgIpc) is 3.17. The number of ketones is 1. The number of carbonyl (C=O) groups excluding carboxylic acids is 1. The fourth-order valence-electron chi connectivity index (χ4n) is 2.85. The van der Waals surface area contributed by atoms with Gasteiger partial charge in [0.1, 0.15) is 0 Å². The summed E-state index contributed by atoms with van der Waals surface area (Å²) in [7, 11) is 0. The lowest BCUT2D eigenvalue weighted by molar-refractivity contribution is 0.0941. The molecule has 1 aliphatic rings. The van der Waals surface area contributed by atoms with Crippen molar-refractivity contribution in [3.63, 3.8) is 0 Å². The summed E-state index contributed by atoms with van der Waals surface area (Å²) in [6, 6.07) is 14.1. The number of Topliss-reactive ketones (excluding diaryl/α,β-unsaturated/α-hetero) is 1. The van der Waals surface area contributed by atoms with E-state index in [9.17, 15) is 4.79 Å². The highest BCUT2D eigenvalue weighted by molar-refractivity contribution is 5.93. The lowest BCUT2D eigenvalue weighted by atomic mass is 9.99. The van der Waals surface area contributed by atoms with E-state index in [-0.39, 0.29) is 5.78 Å². The molecule has 0 bridgehead atoms. The van der Waals surface area contributed by atoms with Gasteiger partial charge in [-0.15, -0.1) is 0 Å². The molecule has 2 heterocycles. The molecule has 2 aromatic rings. The highest BCUT2D eigenvalue weighted by Gasteiger charge is 2.24. The maximum atomic E-state index is 11.9. The molecule has 0 unspecified atom stereocenters. The quantitative estimate of drug-likeness (QED) is 0.781. The van der Waals surface area contributed by atoms with Crippen molar-refractivity contribution >= 4 is 5.78 Å². The molecule has 0 spiro atoms. The van der Waals surface area contributed by atoms with Crippen molar-refractivity contribution in [3.8, 4) is 0 Å². The summed E-state index contributed by atoms with van der Waals surface area (Å²) in [5.74, 6) is 1.18. The number of hydrogen-bond donors (Lipinski definition) is 0. The second-order valence-corrected chi connectivity index (χ2v) is 5.35. The first-order chi connectivity index (χ1) is 9.83. The molecule has 1 fully saturated rings. The SMILES string of the molecule is O=C(CCN1CC[C@H](c2ccccc2)C1)c1ccco1. The smallest absolute Gasteiger partial charge is 0.199 e. The standard InChI is InChI=1S/C17H19NO2/c19-16(17-7-4-12-20-17)9-11-18-10-8-15(13-18)14-5-2-1-3-6-14/h1-7,12,15H,8-11,13H2/t15-/m0/s1. The van der Waals surface area contributed by atoms with Gasteiger partial charge in [-0.3, -0.25) is 4.79 Å². The van der Waals surface area contributed by atoms with Crippen LogP contribution < -0.4 is 0 Å². The molecule has 0 aliphatic carbocycles. The fraction of sp³-hybridized carbons (Fsp3) is 0.353. The van der Waals surface area contributed by atoms with Gasteiger partial charge in [-0.2, -0.15) is 0 Å². The van der Waals surface area contributed by atoms with Crippen molar-refractivity contribution in [3.05, 3.63) is 60.1 Å². The van der Waals surface area contributed by atoms with E-state index in [1.807, 2.05) is 0 Å². The largest absolute Gasteiger partial charge is 0.461 e. The molecule has 0 radical (unpaired) electrons. The van der Waals surface area contributed by atoms with Gasteiger partial charge in [0.25, 0.3) is 0 Å². The summed E-state index contributed by atoms with van der Waals surface area (Å²) < 4.78 is 5.13. The highest BCUT2D eigenvalue weighted by Crippen LogP contribution is 2.26. The molecular formula is C17H19NO2. The molecule has 20 heavy (non-hydrogen) atoms. The Bertz CT molecular complexity index is 548. The normalized spacial score (nSPS) is 19.3. The Hall–Kier alpha value is -1.87. The van der Waals surface area contributed by atoms with Gasteiger partial charge in [0.05, 0.1) is 6.26 Å². The third-order valence-corrected chi connectivity index (χ3v) is 3.99. The molecule has 0 saturated carbocycles. The van der Waals surface area contributed by atoms with Crippen LogP contribution in [0.5, 0.6) is 0 Å². The lowest BCUT2D eigenvalue weighted by Gasteiger charge is -2.15. The third kappa shape index (κ3) is 2.99. The van der Waals surface area contributed by atoms with E-state index in [4.69, 9.17) is 4.42 Å². The zero-order chi connectivity index (χ0) is 13.8. The minimum atomic E-state index is 0.0955. The number of benzene rings is 1. The highest BCUT2D eigenvalue weighted by atomic mass is 16.3. The Morgan fingerprint density at radius 3 is 2.80 bits per heavy atom. The summed E-state index contributed by atoms with van der Waals surface area (Å²) in [5, 5.41) is 0. The first kappa shape index (κ1) is 13.1. The second kappa shape index (κ2) is 6.06. The van der Waals surface area contributed by atoms with Gasteiger partial charge >= 0.3 is 0 Å². The van der Waals surface area contributed by atoms with E-state index in [0.717, 1.165) is 19.6 Å². The van der Waals surface area contributed by atoms with Crippen LogP contribution in [0.15, 0.2) is 53.1 Å². The molecule has 104 valence electrons. The van der Waals surface area contributed by atoms with E-state index in [0.29, 0.717) is 18.1 Å². The molecule has 1 atom stereocenters. The molecule has 1 aliphatic heterocycles. The average molecular weight is 269 g/mol. The fourth-order valence-corrected chi connectivity index (χ4v) is 2.85. The first-order valence-corrected chi connectivity index (χ1v) is 7.17. The Balaban J connectivity index is 1.50. The van der Waals surface area contributed by atoms with Gasteiger partial charge in [-0.25, -0.2) is 0 Å². The van der Waals surface area contributed by atoms with Crippen molar-refractivity contribution in [2.45, 2.75) is 18.8 Å².